The van der Waals surface area contributed by atoms with Crippen LogP contribution in [0.5, 0.6) is 0 Å². The molecule has 56 valence electrons. The molecule has 0 aliphatic rings. The van der Waals surface area contributed by atoms with Gasteiger partial charge in [0.05, 0.1) is 14.0 Å². The molecular weight excluding hydrogens is 226 g/mol. The highest BCUT2D eigenvalue weighted by atomic mass is 79.9. The van der Waals surface area contributed by atoms with E-state index in [1.165, 1.54) is 6.33 Å². The van der Waals surface area contributed by atoms with E-state index >= 15 is 0 Å². The Morgan fingerprint density at radius 1 is 1.45 bits per heavy atom. The first-order chi connectivity index (χ1) is 5.27. The first-order valence-electron chi connectivity index (χ1n) is 2.93. The van der Waals surface area contributed by atoms with Gasteiger partial charge in [0.15, 0.2) is 0 Å². The summed E-state index contributed by atoms with van der Waals surface area (Å²) in [5, 5.41) is 0. The molecule has 0 bridgehead atoms. The van der Waals surface area contributed by atoms with Crippen molar-refractivity contribution in [2.75, 3.05) is 5.73 Å². The molecule has 0 amide bonds. The quantitative estimate of drug-likeness (QED) is 0.753. The van der Waals surface area contributed by atoms with Crippen LogP contribution in [-0.2, 0) is 0 Å². The van der Waals surface area contributed by atoms with Gasteiger partial charge in [-0.15, -0.1) is 11.3 Å². The van der Waals surface area contributed by atoms with Crippen LogP contribution in [0.1, 0.15) is 0 Å². The Bertz CT molecular complexity index is 398. The number of hydrogen-bond acceptors (Lipinski definition) is 4. The standard InChI is InChI=1S/C6H4BrN3S/c7-4-1-3-5(11-4)6(8)10-2-9-3/h1-2H,(H2,8,9,10). The number of rotatable bonds is 0. The molecular formula is C6H4BrN3S. The van der Waals surface area contributed by atoms with Crippen molar-refractivity contribution in [3.63, 3.8) is 0 Å². The minimum atomic E-state index is 0.547. The lowest BCUT2D eigenvalue weighted by atomic mass is 10.4. The van der Waals surface area contributed by atoms with E-state index in [0.29, 0.717) is 5.82 Å². The van der Waals surface area contributed by atoms with E-state index in [-0.39, 0.29) is 0 Å². The van der Waals surface area contributed by atoms with Crippen molar-refractivity contribution in [1.82, 2.24) is 9.97 Å². The van der Waals surface area contributed by atoms with Gasteiger partial charge in [0.2, 0.25) is 0 Å². The van der Waals surface area contributed by atoms with E-state index in [2.05, 4.69) is 25.9 Å². The lowest BCUT2D eigenvalue weighted by molar-refractivity contribution is 1.24. The van der Waals surface area contributed by atoms with E-state index < -0.39 is 0 Å². The maximum absolute atomic E-state index is 5.61. The molecule has 2 heterocycles. The van der Waals surface area contributed by atoms with E-state index in [1.807, 2.05) is 6.07 Å². The number of hydrogen-bond donors (Lipinski definition) is 1. The summed E-state index contributed by atoms with van der Waals surface area (Å²) < 4.78 is 1.97. The second-order valence-corrected chi connectivity index (χ2v) is 4.46. The summed E-state index contributed by atoms with van der Waals surface area (Å²) in [5.74, 6) is 0.547. The molecule has 11 heavy (non-hydrogen) atoms. The molecule has 0 saturated heterocycles. The summed E-state index contributed by atoms with van der Waals surface area (Å²) in [4.78, 5) is 7.93. The fourth-order valence-corrected chi connectivity index (χ4v) is 2.29. The summed E-state index contributed by atoms with van der Waals surface area (Å²) in [5.41, 5.74) is 6.51. The van der Waals surface area contributed by atoms with Crippen molar-refractivity contribution in [1.29, 1.82) is 0 Å². The third-order valence-electron chi connectivity index (χ3n) is 1.31. The number of aromatic nitrogens is 2. The van der Waals surface area contributed by atoms with Crippen LogP contribution in [-0.4, -0.2) is 9.97 Å². The smallest absolute Gasteiger partial charge is 0.144 e. The monoisotopic (exact) mass is 229 g/mol. The van der Waals surface area contributed by atoms with Crippen LogP contribution in [0, 0.1) is 0 Å². The minimum absolute atomic E-state index is 0.547. The third-order valence-corrected chi connectivity index (χ3v) is 2.96. The summed E-state index contributed by atoms with van der Waals surface area (Å²) in [6.45, 7) is 0. The molecule has 2 aromatic heterocycles. The van der Waals surface area contributed by atoms with E-state index in [0.717, 1.165) is 14.0 Å². The Labute approximate surface area is 75.4 Å². The number of nitrogen functional groups attached to an aromatic ring is 1. The molecule has 2 N–H and O–H groups in total. The van der Waals surface area contributed by atoms with Gasteiger partial charge in [-0.2, -0.15) is 0 Å². The predicted molar refractivity (Wildman–Crippen MR) is 49.5 cm³/mol. The van der Waals surface area contributed by atoms with Crippen LogP contribution in [0.4, 0.5) is 5.82 Å². The molecule has 2 rings (SSSR count). The van der Waals surface area contributed by atoms with Crippen LogP contribution in [0.25, 0.3) is 10.2 Å². The van der Waals surface area contributed by atoms with Gasteiger partial charge in [-0.1, -0.05) is 0 Å². The van der Waals surface area contributed by atoms with Crippen molar-refractivity contribution in [3.8, 4) is 0 Å². The molecule has 0 spiro atoms. The normalized spacial score (nSPS) is 10.6. The summed E-state index contributed by atoms with van der Waals surface area (Å²) in [6, 6.07) is 1.93. The van der Waals surface area contributed by atoms with Crippen molar-refractivity contribution in [2.45, 2.75) is 0 Å². The van der Waals surface area contributed by atoms with E-state index in [4.69, 9.17) is 5.73 Å². The summed E-state index contributed by atoms with van der Waals surface area (Å²) >= 11 is 4.90. The number of fused-ring (bicyclic) bond motifs is 1. The zero-order valence-corrected chi connectivity index (χ0v) is 7.82. The molecule has 0 aliphatic carbocycles. The van der Waals surface area contributed by atoms with Gasteiger partial charge in [0.25, 0.3) is 0 Å². The molecule has 2 aromatic rings. The third kappa shape index (κ3) is 1.10. The Kier molecular flexibility index (Phi) is 1.54. The lowest BCUT2D eigenvalue weighted by Crippen LogP contribution is -1.89. The van der Waals surface area contributed by atoms with Crippen molar-refractivity contribution < 1.29 is 0 Å². The number of nitrogens with zero attached hydrogens (tertiary/aromatic N) is 2. The van der Waals surface area contributed by atoms with Gasteiger partial charge in [0.1, 0.15) is 12.1 Å². The summed E-state index contributed by atoms with van der Waals surface area (Å²) in [6.07, 6.45) is 1.47. The fourth-order valence-electron chi connectivity index (χ4n) is 0.844. The van der Waals surface area contributed by atoms with Crippen molar-refractivity contribution in [3.05, 3.63) is 16.2 Å². The highest BCUT2D eigenvalue weighted by molar-refractivity contribution is 9.11. The second kappa shape index (κ2) is 2.42. The Hall–Kier alpha value is -0.680. The molecule has 3 nitrogen and oxygen atoms in total. The van der Waals surface area contributed by atoms with Gasteiger partial charge in [0, 0.05) is 0 Å². The first-order valence-corrected chi connectivity index (χ1v) is 4.54. The SMILES string of the molecule is Nc1ncnc2cc(Br)sc12. The first kappa shape index (κ1) is 7.00. The number of nitrogens with two attached hydrogens (primary N) is 1. The Morgan fingerprint density at radius 2 is 2.27 bits per heavy atom. The number of halogens is 1. The van der Waals surface area contributed by atoms with Crippen LogP contribution >= 0.6 is 27.3 Å². The zero-order chi connectivity index (χ0) is 7.84. The maximum Gasteiger partial charge on any atom is 0.144 e. The van der Waals surface area contributed by atoms with Gasteiger partial charge in [-0.25, -0.2) is 9.97 Å². The molecule has 0 aromatic carbocycles. The maximum atomic E-state index is 5.61. The Morgan fingerprint density at radius 3 is 3.00 bits per heavy atom. The fraction of sp³-hybridized carbons (Fsp3) is 0. The lowest BCUT2D eigenvalue weighted by Gasteiger charge is -1.89. The predicted octanol–water partition coefficient (Wildman–Crippen LogP) is 2.04. The molecule has 0 unspecified atom stereocenters. The topological polar surface area (TPSA) is 51.8 Å². The van der Waals surface area contributed by atoms with Crippen LogP contribution in [0.15, 0.2) is 16.2 Å². The molecule has 5 heteroatoms. The number of thiophene rings is 1. The van der Waals surface area contributed by atoms with Crippen LogP contribution in [0.2, 0.25) is 0 Å². The number of anilines is 1. The van der Waals surface area contributed by atoms with Crippen LogP contribution in [0.3, 0.4) is 0 Å². The minimum Gasteiger partial charge on any atom is -0.382 e. The molecule has 0 radical (unpaired) electrons. The van der Waals surface area contributed by atoms with Gasteiger partial charge < -0.3 is 5.73 Å². The molecule has 0 fully saturated rings. The van der Waals surface area contributed by atoms with E-state index in [1.54, 1.807) is 11.3 Å². The van der Waals surface area contributed by atoms with Crippen LogP contribution < -0.4 is 5.73 Å². The average molecular weight is 230 g/mol. The van der Waals surface area contributed by atoms with Gasteiger partial charge >= 0.3 is 0 Å². The highest BCUT2D eigenvalue weighted by Gasteiger charge is 2.03. The van der Waals surface area contributed by atoms with Crippen molar-refractivity contribution in [2.24, 2.45) is 0 Å². The van der Waals surface area contributed by atoms with Gasteiger partial charge in [-0.05, 0) is 22.0 Å². The highest BCUT2D eigenvalue weighted by Crippen LogP contribution is 2.30. The Balaban J connectivity index is 2.90. The summed E-state index contributed by atoms with van der Waals surface area (Å²) in [7, 11) is 0. The van der Waals surface area contributed by atoms with Crippen molar-refractivity contribution >= 4 is 43.3 Å². The molecule has 0 saturated carbocycles. The molecule has 0 atom stereocenters. The second-order valence-electron chi connectivity index (χ2n) is 2.02. The van der Waals surface area contributed by atoms with E-state index in [9.17, 15) is 0 Å². The zero-order valence-electron chi connectivity index (χ0n) is 5.41. The largest absolute Gasteiger partial charge is 0.382 e. The molecule has 0 aliphatic heterocycles. The van der Waals surface area contributed by atoms with Gasteiger partial charge in [-0.3, -0.25) is 0 Å². The average Bonchev–Trinajstić information content (AvgIpc) is 2.31.